The molecule has 4 aromatic rings. The van der Waals surface area contributed by atoms with Crippen LogP contribution in [0.1, 0.15) is 34.0 Å². The standard InChI is InChI=1S/C28H27NO5/c1-5-18-10-12-19(13-11-18)27(30)22-17-29(16-20-8-6-7-9-24(20)32-2)23-15-26(34-4)25(33-3)14-21(23)28(22)31/h6-15,17H,5,16H2,1-4H3. The first-order valence-corrected chi connectivity index (χ1v) is 11.0. The molecule has 0 unspecified atom stereocenters. The molecule has 0 aliphatic carbocycles. The van der Waals surface area contributed by atoms with Gasteiger partial charge in [0.2, 0.25) is 5.43 Å². The first-order valence-electron chi connectivity index (χ1n) is 11.0. The van der Waals surface area contributed by atoms with E-state index in [2.05, 4.69) is 6.92 Å². The number of ketones is 1. The van der Waals surface area contributed by atoms with Crippen LogP contribution in [0.2, 0.25) is 0 Å². The molecule has 0 aliphatic heterocycles. The van der Waals surface area contributed by atoms with Crippen molar-refractivity contribution in [1.29, 1.82) is 0 Å². The SMILES string of the molecule is CCc1ccc(C(=O)c2cn(Cc3ccccc3OC)c3cc(OC)c(OC)cc3c2=O)cc1. The summed E-state index contributed by atoms with van der Waals surface area (Å²) in [5, 5.41) is 0.378. The fraction of sp³-hybridized carbons (Fsp3) is 0.214. The van der Waals surface area contributed by atoms with E-state index in [0.717, 1.165) is 23.3 Å². The van der Waals surface area contributed by atoms with Gasteiger partial charge in [-0.3, -0.25) is 9.59 Å². The minimum absolute atomic E-state index is 0.0962. The molecule has 1 heterocycles. The molecule has 0 saturated heterocycles. The van der Waals surface area contributed by atoms with E-state index in [9.17, 15) is 9.59 Å². The molecule has 0 N–H and O–H groups in total. The third kappa shape index (κ3) is 4.27. The second-order valence-electron chi connectivity index (χ2n) is 7.92. The van der Waals surface area contributed by atoms with E-state index in [4.69, 9.17) is 14.2 Å². The molecule has 6 nitrogen and oxygen atoms in total. The zero-order valence-electron chi connectivity index (χ0n) is 19.8. The van der Waals surface area contributed by atoms with E-state index >= 15 is 0 Å². The van der Waals surface area contributed by atoms with E-state index in [1.165, 1.54) is 7.11 Å². The fourth-order valence-corrected chi connectivity index (χ4v) is 4.07. The topological polar surface area (TPSA) is 66.8 Å². The van der Waals surface area contributed by atoms with E-state index in [1.807, 2.05) is 41.0 Å². The number of aryl methyl sites for hydroxylation is 1. The van der Waals surface area contributed by atoms with Crippen molar-refractivity contribution < 1.29 is 19.0 Å². The summed E-state index contributed by atoms with van der Waals surface area (Å²) in [7, 11) is 4.68. The van der Waals surface area contributed by atoms with Crippen LogP contribution >= 0.6 is 0 Å². The zero-order valence-corrected chi connectivity index (χ0v) is 19.8. The lowest BCUT2D eigenvalue weighted by Crippen LogP contribution is -2.20. The van der Waals surface area contributed by atoms with Gasteiger partial charge in [-0.25, -0.2) is 0 Å². The quantitative estimate of drug-likeness (QED) is 0.353. The van der Waals surface area contributed by atoms with E-state index in [-0.39, 0.29) is 16.8 Å². The van der Waals surface area contributed by atoms with Gasteiger partial charge in [0.05, 0.1) is 44.3 Å². The van der Waals surface area contributed by atoms with Crippen molar-refractivity contribution >= 4 is 16.7 Å². The predicted octanol–water partition coefficient (Wildman–Crippen LogP) is 4.87. The Bertz CT molecular complexity index is 1400. The van der Waals surface area contributed by atoms with Gasteiger partial charge in [0.1, 0.15) is 5.75 Å². The molecule has 0 radical (unpaired) electrons. The Morgan fingerprint density at radius 2 is 1.50 bits per heavy atom. The maximum atomic E-state index is 13.5. The number of rotatable bonds is 8. The van der Waals surface area contributed by atoms with E-state index in [1.54, 1.807) is 44.7 Å². The minimum atomic E-state index is -0.350. The number of carbonyl (C=O) groups excluding carboxylic acids is 1. The highest BCUT2D eigenvalue weighted by molar-refractivity contribution is 6.10. The number of carbonyl (C=O) groups is 1. The monoisotopic (exact) mass is 457 g/mol. The predicted molar refractivity (Wildman–Crippen MR) is 133 cm³/mol. The van der Waals surface area contributed by atoms with Gasteiger partial charge >= 0.3 is 0 Å². The molecule has 0 amide bonds. The van der Waals surface area contributed by atoms with E-state index < -0.39 is 0 Å². The third-order valence-corrected chi connectivity index (χ3v) is 5.99. The minimum Gasteiger partial charge on any atom is -0.496 e. The molecule has 6 heteroatoms. The largest absolute Gasteiger partial charge is 0.496 e. The average molecular weight is 458 g/mol. The van der Waals surface area contributed by atoms with Crippen molar-refractivity contribution in [3.8, 4) is 17.2 Å². The smallest absolute Gasteiger partial charge is 0.200 e. The Hall–Kier alpha value is -4.06. The Balaban J connectivity index is 1.95. The lowest BCUT2D eigenvalue weighted by atomic mass is 10.00. The van der Waals surface area contributed by atoms with Crippen molar-refractivity contribution in [2.24, 2.45) is 0 Å². The van der Waals surface area contributed by atoms with Crippen molar-refractivity contribution in [1.82, 2.24) is 4.57 Å². The van der Waals surface area contributed by atoms with Crippen LogP contribution in [0.5, 0.6) is 17.2 Å². The number of pyridine rings is 1. The molecule has 0 spiro atoms. The highest BCUT2D eigenvalue weighted by Gasteiger charge is 2.20. The summed E-state index contributed by atoms with van der Waals surface area (Å²) in [6.07, 6.45) is 2.50. The van der Waals surface area contributed by atoms with Gasteiger partial charge in [-0.1, -0.05) is 49.4 Å². The Morgan fingerprint density at radius 3 is 2.15 bits per heavy atom. The Kier molecular flexibility index (Phi) is 6.68. The van der Waals surface area contributed by atoms with Crippen LogP contribution in [0.15, 0.2) is 71.7 Å². The number of hydrogen-bond donors (Lipinski definition) is 0. The van der Waals surface area contributed by atoms with Crippen LogP contribution in [0.3, 0.4) is 0 Å². The van der Waals surface area contributed by atoms with Crippen molar-refractivity contribution in [3.63, 3.8) is 0 Å². The van der Waals surface area contributed by atoms with Gasteiger partial charge in [-0.15, -0.1) is 0 Å². The molecule has 34 heavy (non-hydrogen) atoms. The van der Waals surface area contributed by atoms with Crippen molar-refractivity contribution in [2.75, 3.05) is 21.3 Å². The van der Waals surface area contributed by atoms with Crippen molar-refractivity contribution in [3.05, 3.63) is 99.3 Å². The summed E-state index contributed by atoms with van der Waals surface area (Å²) >= 11 is 0. The summed E-state index contributed by atoms with van der Waals surface area (Å²) in [6.45, 7) is 2.45. The van der Waals surface area contributed by atoms with Crippen LogP contribution in [0, 0.1) is 0 Å². The fourth-order valence-electron chi connectivity index (χ4n) is 4.07. The second-order valence-corrected chi connectivity index (χ2v) is 7.92. The molecule has 0 saturated carbocycles. The highest BCUT2D eigenvalue weighted by Crippen LogP contribution is 2.32. The first kappa shape index (κ1) is 23.1. The summed E-state index contributed by atoms with van der Waals surface area (Å²) in [5.41, 5.74) is 2.89. The van der Waals surface area contributed by atoms with Crippen LogP contribution in [-0.2, 0) is 13.0 Å². The second kappa shape index (κ2) is 9.83. The van der Waals surface area contributed by atoms with E-state index in [0.29, 0.717) is 34.5 Å². The van der Waals surface area contributed by atoms with Crippen LogP contribution in [0.4, 0.5) is 0 Å². The summed E-state index contributed by atoms with van der Waals surface area (Å²) in [6, 6.07) is 18.4. The number of aromatic nitrogens is 1. The Labute approximate surface area is 198 Å². The zero-order chi connectivity index (χ0) is 24.2. The normalized spacial score (nSPS) is 10.8. The molecule has 0 bridgehead atoms. The molecule has 0 aliphatic rings. The third-order valence-electron chi connectivity index (χ3n) is 5.99. The number of para-hydroxylation sites is 1. The van der Waals surface area contributed by atoms with Gasteiger partial charge in [0.25, 0.3) is 0 Å². The average Bonchev–Trinajstić information content (AvgIpc) is 2.89. The summed E-state index contributed by atoms with van der Waals surface area (Å²) in [5.74, 6) is 1.32. The Morgan fingerprint density at radius 1 is 0.853 bits per heavy atom. The molecule has 3 aromatic carbocycles. The first-order chi connectivity index (χ1) is 16.5. The van der Waals surface area contributed by atoms with Gasteiger partial charge < -0.3 is 18.8 Å². The van der Waals surface area contributed by atoms with Crippen molar-refractivity contribution in [2.45, 2.75) is 19.9 Å². The van der Waals surface area contributed by atoms with Gasteiger partial charge in [0.15, 0.2) is 17.3 Å². The lowest BCUT2D eigenvalue weighted by molar-refractivity contribution is 0.103. The number of nitrogens with zero attached hydrogens (tertiary/aromatic N) is 1. The molecule has 0 fully saturated rings. The molecular weight excluding hydrogens is 430 g/mol. The number of benzene rings is 3. The number of fused-ring (bicyclic) bond motifs is 1. The molecule has 4 rings (SSSR count). The number of methoxy groups -OCH3 is 3. The molecule has 174 valence electrons. The van der Waals surface area contributed by atoms with Crippen LogP contribution in [-0.4, -0.2) is 31.7 Å². The number of hydrogen-bond acceptors (Lipinski definition) is 5. The van der Waals surface area contributed by atoms with Crippen LogP contribution < -0.4 is 19.6 Å². The van der Waals surface area contributed by atoms with Gasteiger partial charge in [0, 0.05) is 23.4 Å². The summed E-state index contributed by atoms with van der Waals surface area (Å²) in [4.78, 5) is 26.9. The number of ether oxygens (including phenoxy) is 3. The maximum Gasteiger partial charge on any atom is 0.200 e. The molecular formula is C28H27NO5. The van der Waals surface area contributed by atoms with Gasteiger partial charge in [-0.05, 0) is 24.1 Å². The lowest BCUT2D eigenvalue weighted by Gasteiger charge is -2.17. The van der Waals surface area contributed by atoms with Gasteiger partial charge in [-0.2, -0.15) is 0 Å². The molecule has 1 aromatic heterocycles. The maximum absolute atomic E-state index is 13.5. The van der Waals surface area contributed by atoms with Crippen LogP contribution in [0.25, 0.3) is 10.9 Å². The summed E-state index contributed by atoms with van der Waals surface area (Å²) < 4.78 is 18.3. The highest BCUT2D eigenvalue weighted by atomic mass is 16.5. The molecule has 0 atom stereocenters.